The first-order valence-corrected chi connectivity index (χ1v) is 18.1. The van der Waals surface area contributed by atoms with Crippen LogP contribution >= 0.6 is 0 Å². The minimum atomic E-state index is -4.58. The monoisotopic (exact) mass is 613 g/mol. The standard InChI is InChI=1S/C28H42F3N5O5Si/c1-40-12-11-33-18-36(21-7-5-20(6-8-21)16-35(27(38)39)17-28(29,30)31)24-22-9-10-34(19-41-13-14-42(2,3)4)25(22)32-15-23(24)26(33)37/h9-10,15,20-21H,5-8,11-14,16-19H2,1-4H3,(H,38,39). The molecule has 1 fully saturated rings. The van der Waals surface area contributed by atoms with Crippen molar-refractivity contribution in [2.24, 2.45) is 5.92 Å². The second-order valence-corrected chi connectivity index (χ2v) is 18.1. The maximum atomic E-state index is 13.5. The topological polar surface area (TPSA) is 100 Å². The molecular formula is C28H42F3N5O5Si. The van der Waals surface area contributed by atoms with Gasteiger partial charge in [-0.3, -0.25) is 9.69 Å². The Kier molecular flexibility index (Phi) is 10.1. The number of nitrogens with zero attached hydrogens (tertiary/aromatic N) is 5. The molecule has 0 unspecified atom stereocenters. The Hall–Kier alpha value is -2.84. The van der Waals surface area contributed by atoms with Crippen LogP contribution in [0.15, 0.2) is 18.5 Å². The SMILES string of the molecule is COCCN1CN(C2CCC(CN(CC(F)(F)F)C(=O)O)CC2)c2c(cnc3c2ccn3COCC[Si](C)(C)C)C1=O. The van der Waals surface area contributed by atoms with Gasteiger partial charge in [0.25, 0.3) is 5.91 Å². The van der Waals surface area contributed by atoms with Crippen molar-refractivity contribution in [3.63, 3.8) is 0 Å². The van der Waals surface area contributed by atoms with E-state index in [1.807, 2.05) is 16.8 Å². The molecule has 1 aliphatic heterocycles. The van der Waals surface area contributed by atoms with Gasteiger partial charge >= 0.3 is 12.3 Å². The summed E-state index contributed by atoms with van der Waals surface area (Å²) in [4.78, 5) is 34.0. The largest absolute Gasteiger partial charge is 0.465 e. The first kappa shape index (κ1) is 32.1. The quantitative estimate of drug-likeness (QED) is 0.256. The van der Waals surface area contributed by atoms with E-state index < -0.39 is 26.9 Å². The summed E-state index contributed by atoms with van der Waals surface area (Å²) in [5.74, 6) is -0.285. The molecule has 0 atom stereocenters. The van der Waals surface area contributed by atoms with Crippen LogP contribution in [-0.2, 0) is 16.2 Å². The van der Waals surface area contributed by atoms with Crippen LogP contribution in [0.2, 0.25) is 25.7 Å². The number of aromatic nitrogens is 2. The number of ether oxygens (including phenoxy) is 2. The lowest BCUT2D eigenvalue weighted by Crippen LogP contribution is -2.52. The third kappa shape index (κ3) is 7.95. The average Bonchev–Trinajstić information content (AvgIpc) is 3.33. The van der Waals surface area contributed by atoms with Crippen LogP contribution in [0.4, 0.5) is 23.7 Å². The Balaban J connectivity index is 1.54. The summed E-state index contributed by atoms with van der Waals surface area (Å²) in [6.07, 6.45) is -0.0894. The van der Waals surface area contributed by atoms with Crippen molar-refractivity contribution < 1.29 is 37.3 Å². The van der Waals surface area contributed by atoms with Crippen molar-refractivity contribution in [3.8, 4) is 0 Å². The highest BCUT2D eigenvalue weighted by molar-refractivity contribution is 6.76. The fraction of sp³-hybridized carbons (Fsp3) is 0.679. The zero-order valence-corrected chi connectivity index (χ0v) is 25.8. The molecule has 0 radical (unpaired) electrons. The van der Waals surface area contributed by atoms with E-state index in [9.17, 15) is 27.9 Å². The van der Waals surface area contributed by atoms with Gasteiger partial charge in [-0.05, 0) is 43.7 Å². The van der Waals surface area contributed by atoms with E-state index in [0.717, 1.165) is 22.8 Å². The predicted octanol–water partition coefficient (Wildman–Crippen LogP) is 5.32. The number of amides is 2. The van der Waals surface area contributed by atoms with Crippen LogP contribution in [0.3, 0.4) is 0 Å². The molecule has 0 bridgehead atoms. The molecular weight excluding hydrogens is 571 g/mol. The van der Waals surface area contributed by atoms with Crippen molar-refractivity contribution in [1.29, 1.82) is 0 Å². The maximum Gasteiger partial charge on any atom is 0.407 e. The summed E-state index contributed by atoms with van der Waals surface area (Å²) in [5, 5.41) is 10.2. The molecule has 2 aromatic rings. The van der Waals surface area contributed by atoms with Gasteiger partial charge in [0, 0.05) is 58.7 Å². The van der Waals surface area contributed by atoms with Gasteiger partial charge in [0.15, 0.2) is 0 Å². The third-order valence-corrected chi connectivity index (χ3v) is 9.76. The number of alkyl halides is 3. The highest BCUT2D eigenvalue weighted by atomic mass is 28.3. The van der Waals surface area contributed by atoms with E-state index in [1.54, 1.807) is 18.2 Å². The van der Waals surface area contributed by atoms with Gasteiger partial charge in [0.05, 0.1) is 24.5 Å². The summed E-state index contributed by atoms with van der Waals surface area (Å²) in [6.45, 7) is 7.47. The van der Waals surface area contributed by atoms with Gasteiger partial charge in [-0.25, -0.2) is 9.78 Å². The minimum absolute atomic E-state index is 0.0287. The van der Waals surface area contributed by atoms with Crippen molar-refractivity contribution >= 4 is 36.8 Å². The zero-order chi connectivity index (χ0) is 30.7. The Bertz CT molecular complexity index is 1240. The number of rotatable bonds is 12. The molecule has 2 amide bonds. The number of fused-ring (bicyclic) bond motifs is 3. The average molecular weight is 614 g/mol. The van der Waals surface area contributed by atoms with Crippen LogP contribution in [0.1, 0.15) is 36.0 Å². The van der Waals surface area contributed by atoms with Crippen LogP contribution < -0.4 is 4.90 Å². The Labute approximate surface area is 245 Å². The van der Waals surface area contributed by atoms with E-state index >= 15 is 0 Å². The molecule has 3 heterocycles. The number of pyridine rings is 1. The van der Waals surface area contributed by atoms with Crippen LogP contribution in [-0.4, -0.2) is 103 Å². The first-order chi connectivity index (χ1) is 19.8. The molecule has 10 nitrogen and oxygen atoms in total. The molecule has 0 saturated heterocycles. The van der Waals surface area contributed by atoms with Gasteiger partial charge in [0.2, 0.25) is 0 Å². The molecule has 1 saturated carbocycles. The zero-order valence-electron chi connectivity index (χ0n) is 24.8. The number of hydrogen-bond acceptors (Lipinski definition) is 6. The van der Waals surface area contributed by atoms with Gasteiger partial charge in [-0.15, -0.1) is 0 Å². The van der Waals surface area contributed by atoms with Gasteiger partial charge < -0.3 is 28.9 Å². The molecule has 14 heteroatoms. The van der Waals surface area contributed by atoms with E-state index in [-0.39, 0.29) is 24.4 Å². The lowest BCUT2D eigenvalue weighted by Gasteiger charge is -2.45. The van der Waals surface area contributed by atoms with Gasteiger partial charge in [-0.1, -0.05) is 19.6 Å². The fourth-order valence-electron chi connectivity index (χ4n) is 5.77. The van der Waals surface area contributed by atoms with Gasteiger partial charge in [-0.2, -0.15) is 13.2 Å². The highest BCUT2D eigenvalue weighted by Crippen LogP contribution is 2.39. The maximum absolute atomic E-state index is 13.5. The van der Waals surface area contributed by atoms with Gasteiger partial charge in [0.1, 0.15) is 18.9 Å². The molecule has 2 aromatic heterocycles. The normalized spacial score (nSPS) is 19.8. The van der Waals surface area contributed by atoms with E-state index in [4.69, 9.17) is 9.47 Å². The Morgan fingerprint density at radius 3 is 2.52 bits per heavy atom. The second-order valence-electron chi connectivity index (χ2n) is 12.5. The number of anilines is 1. The summed E-state index contributed by atoms with van der Waals surface area (Å²) in [5.41, 5.74) is 2.04. The van der Waals surface area contributed by atoms with Crippen molar-refractivity contribution in [2.75, 3.05) is 51.5 Å². The summed E-state index contributed by atoms with van der Waals surface area (Å²) in [7, 11) is 0.359. The van der Waals surface area contributed by atoms with Crippen LogP contribution in [0, 0.1) is 5.92 Å². The van der Waals surface area contributed by atoms with Crippen molar-refractivity contribution in [1.82, 2.24) is 19.4 Å². The molecule has 1 aliphatic carbocycles. The number of methoxy groups -OCH3 is 1. The minimum Gasteiger partial charge on any atom is -0.465 e. The number of hydrogen-bond donors (Lipinski definition) is 1. The lowest BCUT2D eigenvalue weighted by molar-refractivity contribution is -0.143. The fourth-order valence-corrected chi connectivity index (χ4v) is 6.53. The lowest BCUT2D eigenvalue weighted by atomic mass is 9.84. The molecule has 42 heavy (non-hydrogen) atoms. The summed E-state index contributed by atoms with van der Waals surface area (Å²) in [6, 6.07) is 3.04. The van der Waals surface area contributed by atoms with E-state index in [0.29, 0.717) is 69.3 Å². The van der Waals surface area contributed by atoms with Crippen LogP contribution in [0.5, 0.6) is 0 Å². The van der Waals surface area contributed by atoms with E-state index in [2.05, 4.69) is 29.5 Å². The summed E-state index contributed by atoms with van der Waals surface area (Å²) < 4.78 is 51.9. The molecule has 234 valence electrons. The Morgan fingerprint density at radius 1 is 1.19 bits per heavy atom. The third-order valence-electron chi connectivity index (χ3n) is 8.06. The molecule has 1 N–H and O–H groups in total. The second kappa shape index (κ2) is 13.2. The number of carboxylic acid groups (broad SMARTS) is 1. The molecule has 2 aliphatic rings. The molecule has 4 rings (SSSR count). The van der Waals surface area contributed by atoms with Crippen molar-refractivity contribution in [2.45, 2.75) is 70.3 Å². The number of carbonyl (C=O) groups is 2. The predicted molar refractivity (Wildman–Crippen MR) is 155 cm³/mol. The number of halogens is 3. The smallest absolute Gasteiger partial charge is 0.407 e. The summed E-state index contributed by atoms with van der Waals surface area (Å²) >= 11 is 0. The van der Waals surface area contributed by atoms with E-state index in [1.165, 1.54) is 0 Å². The van der Waals surface area contributed by atoms with Crippen molar-refractivity contribution in [3.05, 3.63) is 24.0 Å². The molecule has 0 spiro atoms. The first-order valence-electron chi connectivity index (χ1n) is 14.4. The number of carbonyl (C=O) groups excluding carboxylic acids is 1. The Morgan fingerprint density at radius 2 is 1.90 bits per heavy atom. The highest BCUT2D eigenvalue weighted by Gasteiger charge is 2.38. The molecule has 0 aromatic carbocycles. The van der Waals surface area contributed by atoms with Crippen LogP contribution in [0.25, 0.3) is 11.0 Å².